The van der Waals surface area contributed by atoms with Crippen LogP contribution in [0.25, 0.3) is 0 Å². The number of nitrogens with zero attached hydrogens (tertiary/aromatic N) is 1. The molecule has 184 valence electrons. The average molecular weight is 472 g/mol. The minimum atomic E-state index is -1.25. The first-order valence-corrected chi connectivity index (χ1v) is 10.3. The maximum Gasteiger partial charge on any atom is 0.303 e. The van der Waals surface area contributed by atoms with Crippen LogP contribution in [0.3, 0.4) is 0 Å². The SMILES string of the molecule is CC(=O)N[C@@H]1[C@H](OCCN2C(=O)CCC2=O)O[C@H](COC(C)=O)[C@@H](OC(C)=O)[C@@H]1OC(C)=O. The van der Waals surface area contributed by atoms with Crippen molar-refractivity contribution in [2.75, 3.05) is 19.8 Å². The van der Waals surface area contributed by atoms with Gasteiger partial charge in [0.05, 0.1) is 13.2 Å². The number of rotatable bonds is 9. The number of imide groups is 1. The Hall–Kier alpha value is -3.06. The molecular formula is C20H28N2O11. The molecule has 5 atom stereocenters. The van der Waals surface area contributed by atoms with Crippen molar-refractivity contribution < 1.29 is 52.5 Å². The molecule has 0 aromatic rings. The van der Waals surface area contributed by atoms with Gasteiger partial charge in [-0.3, -0.25) is 33.7 Å². The van der Waals surface area contributed by atoms with Crippen molar-refractivity contribution in [2.45, 2.75) is 71.2 Å². The average Bonchev–Trinajstić information content (AvgIpc) is 3.01. The molecule has 0 spiro atoms. The molecule has 0 aromatic carbocycles. The summed E-state index contributed by atoms with van der Waals surface area (Å²) in [5.74, 6) is -3.25. The molecule has 0 aliphatic carbocycles. The highest BCUT2D eigenvalue weighted by atomic mass is 16.7. The number of hydrogen-bond donors (Lipinski definition) is 1. The van der Waals surface area contributed by atoms with E-state index in [4.69, 9.17) is 23.7 Å². The Balaban J connectivity index is 2.27. The van der Waals surface area contributed by atoms with E-state index >= 15 is 0 Å². The summed E-state index contributed by atoms with van der Waals surface area (Å²) in [6, 6.07) is -1.12. The van der Waals surface area contributed by atoms with Gasteiger partial charge in [0.25, 0.3) is 0 Å². The van der Waals surface area contributed by atoms with Crippen molar-refractivity contribution in [3.05, 3.63) is 0 Å². The van der Waals surface area contributed by atoms with Gasteiger partial charge < -0.3 is 29.0 Å². The molecule has 3 amide bonds. The number of likely N-dealkylation sites (tertiary alicyclic amines) is 1. The van der Waals surface area contributed by atoms with Crippen molar-refractivity contribution in [1.29, 1.82) is 0 Å². The Morgan fingerprint density at radius 1 is 0.939 bits per heavy atom. The van der Waals surface area contributed by atoms with Gasteiger partial charge in [-0.2, -0.15) is 0 Å². The van der Waals surface area contributed by atoms with Gasteiger partial charge in [-0.1, -0.05) is 0 Å². The van der Waals surface area contributed by atoms with Gasteiger partial charge >= 0.3 is 17.9 Å². The summed E-state index contributed by atoms with van der Waals surface area (Å²) >= 11 is 0. The predicted octanol–water partition coefficient (Wildman–Crippen LogP) is -1.19. The van der Waals surface area contributed by atoms with Gasteiger partial charge in [0.15, 0.2) is 18.5 Å². The molecule has 2 saturated heterocycles. The number of hydrogen-bond acceptors (Lipinski definition) is 11. The van der Waals surface area contributed by atoms with E-state index in [0.717, 1.165) is 18.7 Å². The third-order valence-corrected chi connectivity index (χ3v) is 4.82. The molecular weight excluding hydrogens is 444 g/mol. The fourth-order valence-electron chi connectivity index (χ4n) is 3.57. The van der Waals surface area contributed by atoms with Crippen LogP contribution in [-0.2, 0) is 52.5 Å². The van der Waals surface area contributed by atoms with Crippen molar-refractivity contribution in [1.82, 2.24) is 10.2 Å². The van der Waals surface area contributed by atoms with Gasteiger partial charge in [-0.05, 0) is 0 Å². The van der Waals surface area contributed by atoms with Crippen LogP contribution in [-0.4, -0.2) is 90.9 Å². The highest BCUT2D eigenvalue weighted by molar-refractivity contribution is 6.01. The van der Waals surface area contributed by atoms with Gasteiger partial charge in [-0.15, -0.1) is 0 Å². The molecule has 0 saturated carbocycles. The second-order valence-corrected chi connectivity index (χ2v) is 7.53. The standard InChI is InChI=1S/C20H28N2O11/c1-10(23)21-17-19(32-13(4)26)18(31-12(3)25)14(9-30-11(2)24)33-20(17)29-8-7-22-15(27)5-6-16(22)28/h14,17-20H,5-9H2,1-4H3,(H,21,23)/t14-,17+,18-,19-,20-/m1/s1. The molecule has 13 heteroatoms. The largest absolute Gasteiger partial charge is 0.463 e. The second-order valence-electron chi connectivity index (χ2n) is 7.53. The molecule has 13 nitrogen and oxygen atoms in total. The lowest BCUT2D eigenvalue weighted by Crippen LogP contribution is -2.66. The van der Waals surface area contributed by atoms with E-state index in [1.807, 2.05) is 0 Å². The number of ether oxygens (including phenoxy) is 5. The van der Waals surface area contributed by atoms with Crippen molar-refractivity contribution >= 4 is 35.6 Å². The maximum atomic E-state index is 11.8. The Morgan fingerprint density at radius 3 is 2.03 bits per heavy atom. The zero-order valence-electron chi connectivity index (χ0n) is 18.9. The summed E-state index contributed by atoms with van der Waals surface area (Å²) in [5.41, 5.74) is 0. The number of esters is 3. The van der Waals surface area contributed by atoms with Gasteiger partial charge in [-0.25, -0.2) is 0 Å². The van der Waals surface area contributed by atoms with Crippen molar-refractivity contribution in [3.8, 4) is 0 Å². The second kappa shape index (κ2) is 11.7. The summed E-state index contributed by atoms with van der Waals surface area (Å²) < 4.78 is 27.2. The topological polar surface area (TPSA) is 164 Å². The number of amides is 3. The van der Waals surface area contributed by atoms with Crippen LogP contribution >= 0.6 is 0 Å². The van der Waals surface area contributed by atoms with Gasteiger partial charge in [0.2, 0.25) is 17.7 Å². The molecule has 33 heavy (non-hydrogen) atoms. The molecule has 0 radical (unpaired) electrons. The summed E-state index contributed by atoms with van der Waals surface area (Å²) in [6.45, 7) is 4.09. The first-order chi connectivity index (χ1) is 15.5. The summed E-state index contributed by atoms with van der Waals surface area (Å²) in [4.78, 5) is 71.3. The van der Waals surface area contributed by atoms with E-state index in [-0.39, 0.29) is 44.4 Å². The smallest absolute Gasteiger partial charge is 0.303 e. The summed E-state index contributed by atoms with van der Waals surface area (Å²) in [7, 11) is 0. The molecule has 2 aliphatic rings. The Bertz CT molecular complexity index is 783. The summed E-state index contributed by atoms with van der Waals surface area (Å²) in [5, 5.41) is 2.56. The number of carbonyl (C=O) groups excluding carboxylic acids is 6. The normalized spacial score (nSPS) is 27.2. The van der Waals surface area contributed by atoms with Crippen molar-refractivity contribution in [2.24, 2.45) is 0 Å². The third kappa shape index (κ3) is 7.49. The van der Waals surface area contributed by atoms with Crippen LogP contribution in [0.4, 0.5) is 0 Å². The molecule has 1 N–H and O–H groups in total. The fraction of sp³-hybridized carbons (Fsp3) is 0.700. The zero-order valence-corrected chi connectivity index (χ0v) is 18.9. The Morgan fingerprint density at radius 2 is 1.52 bits per heavy atom. The Labute approximate surface area is 190 Å². The minimum absolute atomic E-state index is 0.0511. The monoisotopic (exact) mass is 472 g/mol. The highest BCUT2D eigenvalue weighted by Gasteiger charge is 2.51. The predicted molar refractivity (Wildman–Crippen MR) is 106 cm³/mol. The zero-order chi connectivity index (χ0) is 24.7. The number of nitrogens with one attached hydrogen (secondary N) is 1. The van der Waals surface area contributed by atoms with Crippen LogP contribution in [0.2, 0.25) is 0 Å². The van der Waals surface area contributed by atoms with E-state index < -0.39 is 54.5 Å². The molecule has 2 rings (SSSR count). The van der Waals surface area contributed by atoms with Crippen LogP contribution in [0, 0.1) is 0 Å². The lowest BCUT2D eigenvalue weighted by atomic mass is 9.96. The Kier molecular flexibility index (Phi) is 9.29. The van der Waals surface area contributed by atoms with Crippen LogP contribution in [0.15, 0.2) is 0 Å². The van der Waals surface area contributed by atoms with Crippen LogP contribution < -0.4 is 5.32 Å². The van der Waals surface area contributed by atoms with E-state index in [1.165, 1.54) is 13.8 Å². The molecule has 0 bridgehead atoms. The molecule has 2 heterocycles. The first-order valence-electron chi connectivity index (χ1n) is 10.3. The van der Waals surface area contributed by atoms with E-state index in [2.05, 4.69) is 5.32 Å². The molecule has 2 fully saturated rings. The van der Waals surface area contributed by atoms with E-state index in [1.54, 1.807) is 0 Å². The number of carbonyl (C=O) groups is 6. The lowest BCUT2D eigenvalue weighted by Gasteiger charge is -2.45. The quantitative estimate of drug-likeness (QED) is 0.244. The van der Waals surface area contributed by atoms with E-state index in [0.29, 0.717) is 0 Å². The third-order valence-electron chi connectivity index (χ3n) is 4.82. The van der Waals surface area contributed by atoms with Crippen LogP contribution in [0.1, 0.15) is 40.5 Å². The molecule has 0 unspecified atom stereocenters. The summed E-state index contributed by atoms with van der Waals surface area (Å²) in [6.07, 6.45) is -4.59. The van der Waals surface area contributed by atoms with Crippen molar-refractivity contribution in [3.63, 3.8) is 0 Å². The molecule has 2 aliphatic heterocycles. The maximum absolute atomic E-state index is 11.8. The highest BCUT2D eigenvalue weighted by Crippen LogP contribution is 2.28. The first kappa shape index (κ1) is 26.2. The molecule has 0 aromatic heterocycles. The van der Waals surface area contributed by atoms with Gasteiger partial charge in [0, 0.05) is 40.5 Å². The van der Waals surface area contributed by atoms with E-state index in [9.17, 15) is 28.8 Å². The fourth-order valence-corrected chi connectivity index (χ4v) is 3.57. The minimum Gasteiger partial charge on any atom is -0.463 e. The van der Waals surface area contributed by atoms with Crippen LogP contribution in [0.5, 0.6) is 0 Å². The van der Waals surface area contributed by atoms with Gasteiger partial charge in [0.1, 0.15) is 18.8 Å². The lowest BCUT2D eigenvalue weighted by molar-refractivity contribution is -0.277.